The molecule has 6 nitrogen and oxygen atoms in total. The summed E-state index contributed by atoms with van der Waals surface area (Å²) in [6.45, 7) is 0.666. The maximum Gasteiger partial charge on any atom is 0.288 e. The van der Waals surface area contributed by atoms with Crippen molar-refractivity contribution in [1.82, 2.24) is 4.98 Å². The van der Waals surface area contributed by atoms with Crippen molar-refractivity contribution < 1.29 is 4.92 Å². The minimum atomic E-state index is -0.445. The number of rotatable bonds is 4. The van der Waals surface area contributed by atoms with Crippen molar-refractivity contribution >= 4 is 27.4 Å². The molecule has 2 atom stereocenters. The van der Waals surface area contributed by atoms with Gasteiger partial charge in [-0.3, -0.25) is 10.1 Å². The van der Waals surface area contributed by atoms with Crippen molar-refractivity contribution in [2.45, 2.75) is 25.3 Å². The van der Waals surface area contributed by atoms with Crippen molar-refractivity contribution in [3.05, 3.63) is 26.9 Å². The first-order chi connectivity index (χ1) is 9.04. The summed E-state index contributed by atoms with van der Waals surface area (Å²) in [6.07, 6.45) is 4.68. The normalized spacial score (nSPS) is 22.5. The second-order valence-corrected chi connectivity index (χ2v) is 5.72. The lowest BCUT2D eigenvalue weighted by molar-refractivity contribution is -0.385. The van der Waals surface area contributed by atoms with Gasteiger partial charge in [0.05, 0.1) is 9.40 Å². The molecular formula is C12H17BrN4O2. The molecule has 0 aromatic carbocycles. The van der Waals surface area contributed by atoms with Gasteiger partial charge in [-0.2, -0.15) is 0 Å². The molecule has 0 radical (unpaired) electrons. The summed E-state index contributed by atoms with van der Waals surface area (Å²) in [6, 6.07) is 1.85. The molecule has 0 spiro atoms. The summed E-state index contributed by atoms with van der Waals surface area (Å²) >= 11 is 3.37. The van der Waals surface area contributed by atoms with Crippen LogP contribution in [0.15, 0.2) is 16.7 Å². The quantitative estimate of drug-likeness (QED) is 0.677. The topological polar surface area (TPSA) is 85.3 Å². The van der Waals surface area contributed by atoms with E-state index < -0.39 is 4.92 Å². The molecule has 1 heterocycles. The van der Waals surface area contributed by atoms with E-state index in [9.17, 15) is 10.1 Å². The highest BCUT2D eigenvalue weighted by atomic mass is 79.9. The molecular weight excluding hydrogens is 312 g/mol. The Kier molecular flexibility index (Phi) is 4.36. The van der Waals surface area contributed by atoms with Crippen LogP contribution in [0.1, 0.15) is 19.3 Å². The molecule has 2 unspecified atom stereocenters. The van der Waals surface area contributed by atoms with Crippen LogP contribution in [0.25, 0.3) is 0 Å². The number of anilines is 1. The number of halogens is 1. The summed E-state index contributed by atoms with van der Waals surface area (Å²) in [5.41, 5.74) is 5.79. The maximum atomic E-state index is 10.7. The summed E-state index contributed by atoms with van der Waals surface area (Å²) in [7, 11) is 1.97. The molecule has 7 heteroatoms. The Balaban J connectivity index is 2.24. The van der Waals surface area contributed by atoms with Crippen LogP contribution < -0.4 is 10.6 Å². The van der Waals surface area contributed by atoms with Crippen LogP contribution in [-0.4, -0.2) is 29.5 Å². The zero-order valence-corrected chi connectivity index (χ0v) is 12.3. The van der Waals surface area contributed by atoms with Gasteiger partial charge in [-0.05, 0) is 41.2 Å². The van der Waals surface area contributed by atoms with Gasteiger partial charge in [-0.15, -0.1) is 0 Å². The molecule has 2 N–H and O–H groups in total. The smallest absolute Gasteiger partial charge is 0.288 e. The Morgan fingerprint density at radius 2 is 2.37 bits per heavy atom. The number of aromatic nitrogens is 1. The van der Waals surface area contributed by atoms with E-state index in [0.29, 0.717) is 23.0 Å². The molecule has 1 saturated carbocycles. The van der Waals surface area contributed by atoms with Gasteiger partial charge in [0.25, 0.3) is 5.69 Å². The average Bonchev–Trinajstić information content (AvgIpc) is 2.85. The number of nitro groups is 1. The van der Waals surface area contributed by atoms with Gasteiger partial charge >= 0.3 is 0 Å². The lowest BCUT2D eigenvalue weighted by Crippen LogP contribution is -2.38. The predicted octanol–water partition coefficient (Wildman–Crippen LogP) is 2.32. The Labute approximate surface area is 120 Å². The number of hydrogen-bond donors (Lipinski definition) is 1. The fourth-order valence-corrected chi connectivity index (χ4v) is 3.36. The lowest BCUT2D eigenvalue weighted by atomic mass is 10.0. The Morgan fingerprint density at radius 1 is 1.63 bits per heavy atom. The summed E-state index contributed by atoms with van der Waals surface area (Å²) in [5, 5.41) is 10.7. The Hall–Kier alpha value is -1.21. The Bertz CT molecular complexity index is 483. The first-order valence-electron chi connectivity index (χ1n) is 6.27. The third-order valence-corrected chi connectivity index (χ3v) is 4.35. The number of pyridine rings is 1. The van der Waals surface area contributed by atoms with Gasteiger partial charge in [0.2, 0.25) is 0 Å². The fourth-order valence-electron chi connectivity index (χ4n) is 2.74. The lowest BCUT2D eigenvalue weighted by Gasteiger charge is -2.30. The van der Waals surface area contributed by atoms with E-state index in [2.05, 4.69) is 25.8 Å². The highest BCUT2D eigenvalue weighted by Crippen LogP contribution is 2.34. The highest BCUT2D eigenvalue weighted by Gasteiger charge is 2.31. The standard InChI is InChI=1S/C12H17BrN4O2/c1-16(11-4-2-3-8(11)6-14)12-10(13)5-9(7-15-12)17(18)19/h5,7-8,11H,2-4,6,14H2,1H3. The molecule has 19 heavy (non-hydrogen) atoms. The minimum absolute atomic E-state index is 0.00850. The summed E-state index contributed by atoms with van der Waals surface area (Å²) < 4.78 is 0.645. The van der Waals surface area contributed by atoms with Crippen molar-refractivity contribution in [2.24, 2.45) is 11.7 Å². The largest absolute Gasteiger partial charge is 0.355 e. The van der Waals surface area contributed by atoms with Crippen molar-refractivity contribution in [3.8, 4) is 0 Å². The summed E-state index contributed by atoms with van der Waals surface area (Å²) in [5.74, 6) is 1.20. The molecule has 104 valence electrons. The number of nitrogens with two attached hydrogens (primary N) is 1. The van der Waals surface area contributed by atoms with E-state index in [-0.39, 0.29) is 5.69 Å². The fraction of sp³-hybridized carbons (Fsp3) is 0.583. The van der Waals surface area contributed by atoms with Gasteiger partial charge in [0.1, 0.15) is 12.0 Å². The predicted molar refractivity (Wildman–Crippen MR) is 77.2 cm³/mol. The second kappa shape index (κ2) is 5.83. The highest BCUT2D eigenvalue weighted by molar-refractivity contribution is 9.10. The minimum Gasteiger partial charge on any atom is -0.355 e. The first kappa shape index (κ1) is 14.2. The molecule has 1 aliphatic carbocycles. The number of nitrogens with zero attached hydrogens (tertiary/aromatic N) is 3. The Morgan fingerprint density at radius 3 is 2.95 bits per heavy atom. The van der Waals surface area contributed by atoms with E-state index in [0.717, 1.165) is 18.7 Å². The van der Waals surface area contributed by atoms with Gasteiger partial charge in [0, 0.05) is 19.2 Å². The molecule has 2 rings (SSSR count). The van der Waals surface area contributed by atoms with E-state index in [1.54, 1.807) is 0 Å². The van der Waals surface area contributed by atoms with Crippen LogP contribution in [-0.2, 0) is 0 Å². The maximum absolute atomic E-state index is 10.7. The van der Waals surface area contributed by atoms with Crippen molar-refractivity contribution in [1.29, 1.82) is 0 Å². The van der Waals surface area contributed by atoms with E-state index >= 15 is 0 Å². The molecule has 0 saturated heterocycles. The molecule has 1 fully saturated rings. The van der Waals surface area contributed by atoms with Crippen molar-refractivity contribution in [3.63, 3.8) is 0 Å². The van der Waals surface area contributed by atoms with Gasteiger partial charge in [-0.1, -0.05) is 6.42 Å². The van der Waals surface area contributed by atoms with Gasteiger partial charge < -0.3 is 10.6 Å². The van der Waals surface area contributed by atoms with Crippen LogP contribution in [0.2, 0.25) is 0 Å². The van der Waals surface area contributed by atoms with Crippen LogP contribution in [0, 0.1) is 16.0 Å². The van der Waals surface area contributed by atoms with Gasteiger partial charge in [-0.25, -0.2) is 4.98 Å². The zero-order chi connectivity index (χ0) is 14.0. The van der Waals surface area contributed by atoms with Crippen LogP contribution in [0.3, 0.4) is 0 Å². The molecule has 1 aliphatic rings. The van der Waals surface area contributed by atoms with Gasteiger partial charge in [0.15, 0.2) is 0 Å². The molecule has 1 aromatic rings. The van der Waals surface area contributed by atoms with E-state index in [1.165, 1.54) is 18.7 Å². The van der Waals surface area contributed by atoms with Crippen LogP contribution >= 0.6 is 15.9 Å². The third kappa shape index (κ3) is 2.87. The zero-order valence-electron chi connectivity index (χ0n) is 10.8. The second-order valence-electron chi connectivity index (χ2n) is 4.86. The molecule has 1 aromatic heterocycles. The molecule has 0 amide bonds. The van der Waals surface area contributed by atoms with E-state index in [1.807, 2.05) is 7.05 Å². The SMILES string of the molecule is CN(c1ncc([N+](=O)[O-])cc1Br)C1CCCC1CN. The number of hydrogen-bond acceptors (Lipinski definition) is 5. The molecule has 0 aliphatic heterocycles. The van der Waals surface area contributed by atoms with Crippen LogP contribution in [0.4, 0.5) is 11.5 Å². The average molecular weight is 329 g/mol. The molecule has 0 bridgehead atoms. The van der Waals surface area contributed by atoms with Crippen LogP contribution in [0.5, 0.6) is 0 Å². The summed E-state index contributed by atoms with van der Waals surface area (Å²) in [4.78, 5) is 16.5. The first-order valence-corrected chi connectivity index (χ1v) is 7.06. The monoisotopic (exact) mass is 328 g/mol. The van der Waals surface area contributed by atoms with E-state index in [4.69, 9.17) is 5.73 Å². The van der Waals surface area contributed by atoms with Crippen molar-refractivity contribution in [2.75, 3.05) is 18.5 Å². The third-order valence-electron chi connectivity index (χ3n) is 3.77.